The lowest BCUT2D eigenvalue weighted by Gasteiger charge is -2.28. The maximum absolute atomic E-state index is 6.14. The van der Waals surface area contributed by atoms with Gasteiger partial charge in [-0.05, 0) is 23.0 Å². The smallest absolute Gasteiger partial charge is 0.160 e. The number of methoxy groups -OCH3 is 2. The lowest BCUT2D eigenvalue weighted by Crippen LogP contribution is -2.29. The number of hydroxylamine groups is 2. The number of hydrogen-bond acceptors (Lipinski definition) is 5. The van der Waals surface area contributed by atoms with Crippen molar-refractivity contribution in [2.75, 3.05) is 27.5 Å². The summed E-state index contributed by atoms with van der Waals surface area (Å²) in [4.78, 5) is 10.6. The summed E-state index contributed by atoms with van der Waals surface area (Å²) in [5.41, 5.74) is 3.43. The third-order valence-electron chi connectivity index (χ3n) is 4.23. The van der Waals surface area contributed by atoms with E-state index in [4.69, 9.17) is 14.3 Å². The Labute approximate surface area is 151 Å². The molecule has 138 valence electrons. The zero-order valence-electron chi connectivity index (χ0n) is 16.2. The second-order valence-electron chi connectivity index (χ2n) is 7.17. The van der Waals surface area contributed by atoms with Gasteiger partial charge < -0.3 is 9.47 Å². The van der Waals surface area contributed by atoms with Gasteiger partial charge in [0.25, 0.3) is 0 Å². The van der Waals surface area contributed by atoms with Gasteiger partial charge in [0.2, 0.25) is 0 Å². The van der Waals surface area contributed by atoms with E-state index in [0.717, 1.165) is 17.7 Å². The van der Waals surface area contributed by atoms with Crippen LogP contribution >= 0.6 is 0 Å². The van der Waals surface area contributed by atoms with Gasteiger partial charge in [-0.15, -0.1) is 0 Å². The summed E-state index contributed by atoms with van der Waals surface area (Å²) in [5, 5.41) is 1.73. The molecular formula is C20H30N2O3. The van der Waals surface area contributed by atoms with E-state index in [0.29, 0.717) is 19.0 Å². The number of aliphatic imine (C=N–C) groups is 1. The highest BCUT2D eigenvalue weighted by Crippen LogP contribution is 2.28. The van der Waals surface area contributed by atoms with Gasteiger partial charge in [0.05, 0.1) is 19.9 Å². The topological polar surface area (TPSA) is 43.3 Å². The zero-order valence-corrected chi connectivity index (χ0v) is 16.2. The van der Waals surface area contributed by atoms with Crippen LogP contribution in [0.1, 0.15) is 51.3 Å². The van der Waals surface area contributed by atoms with Crippen molar-refractivity contribution in [2.45, 2.75) is 45.6 Å². The van der Waals surface area contributed by atoms with Crippen molar-refractivity contribution >= 4 is 5.71 Å². The first-order valence-electron chi connectivity index (χ1n) is 8.71. The summed E-state index contributed by atoms with van der Waals surface area (Å²) in [6.45, 7) is 9.64. The lowest BCUT2D eigenvalue weighted by atomic mass is 9.86. The van der Waals surface area contributed by atoms with Crippen LogP contribution in [0.15, 0.2) is 41.2 Å². The van der Waals surface area contributed by atoms with Gasteiger partial charge in [-0.25, -0.2) is 5.06 Å². The Kier molecular flexibility index (Phi) is 6.62. The fraction of sp³-hybridized carbons (Fsp3) is 0.550. The van der Waals surface area contributed by atoms with Gasteiger partial charge in [0, 0.05) is 7.11 Å². The molecule has 5 heteroatoms. The van der Waals surface area contributed by atoms with Crippen molar-refractivity contribution in [3.63, 3.8) is 0 Å². The minimum Gasteiger partial charge on any atom is -0.493 e. The Balaban J connectivity index is 2.09. The molecule has 0 aromatic heterocycles. The molecule has 0 spiro atoms. The van der Waals surface area contributed by atoms with Crippen LogP contribution in [0.4, 0.5) is 0 Å². The van der Waals surface area contributed by atoms with Crippen LogP contribution in [-0.2, 0) is 19.7 Å². The molecule has 1 unspecified atom stereocenters. The Hall–Kier alpha value is -1.85. The minimum absolute atomic E-state index is 0.0254. The highest BCUT2D eigenvalue weighted by atomic mass is 16.7. The normalized spacial score (nSPS) is 16.3. The quantitative estimate of drug-likeness (QED) is 0.741. The van der Waals surface area contributed by atoms with Crippen molar-refractivity contribution in [2.24, 2.45) is 4.99 Å². The number of rotatable bonds is 7. The molecule has 0 bridgehead atoms. The molecule has 25 heavy (non-hydrogen) atoms. The molecule has 1 aromatic rings. The van der Waals surface area contributed by atoms with E-state index in [2.05, 4.69) is 57.0 Å². The van der Waals surface area contributed by atoms with Gasteiger partial charge in [-0.1, -0.05) is 52.0 Å². The fourth-order valence-electron chi connectivity index (χ4n) is 2.70. The predicted octanol–water partition coefficient (Wildman–Crippen LogP) is 4.22. The molecule has 1 aromatic carbocycles. The monoisotopic (exact) mass is 346 g/mol. The first kappa shape index (κ1) is 19.5. The van der Waals surface area contributed by atoms with Crippen LogP contribution in [0.3, 0.4) is 0 Å². The van der Waals surface area contributed by atoms with Crippen LogP contribution in [0.2, 0.25) is 0 Å². The summed E-state index contributed by atoms with van der Waals surface area (Å²) in [5.74, 6) is 0.672. The average Bonchev–Trinajstić information content (AvgIpc) is 2.60. The van der Waals surface area contributed by atoms with Gasteiger partial charge in [-0.3, -0.25) is 9.83 Å². The van der Waals surface area contributed by atoms with E-state index in [9.17, 15) is 0 Å². The van der Waals surface area contributed by atoms with Crippen molar-refractivity contribution in [3.8, 4) is 0 Å². The van der Waals surface area contributed by atoms with E-state index in [1.54, 1.807) is 19.3 Å². The summed E-state index contributed by atoms with van der Waals surface area (Å²) in [7, 11) is 3.27. The first-order valence-corrected chi connectivity index (χ1v) is 8.71. The van der Waals surface area contributed by atoms with E-state index < -0.39 is 0 Å². The summed E-state index contributed by atoms with van der Waals surface area (Å²) >= 11 is 0. The third-order valence-corrected chi connectivity index (χ3v) is 4.23. The number of ether oxygens (including phenoxy) is 2. The lowest BCUT2D eigenvalue weighted by molar-refractivity contribution is -0.169. The molecule has 0 N–H and O–H groups in total. The second-order valence-corrected chi connectivity index (χ2v) is 7.17. The minimum atomic E-state index is -0.0254. The molecule has 0 amide bonds. The van der Waals surface area contributed by atoms with Crippen LogP contribution in [0.5, 0.6) is 0 Å². The molecule has 1 aliphatic heterocycles. The maximum atomic E-state index is 6.14. The maximum Gasteiger partial charge on any atom is 0.160 e. The highest BCUT2D eigenvalue weighted by Gasteiger charge is 2.20. The standard InChI is InChI=1S/C20H30N2O3/c1-7-18(15-8-10-16(11-9-15)20(2,3)4)25-22-12-19(24-6)17(13-23-5)21-14-22/h8-12,18H,7,13-14H2,1-6H3. The van der Waals surface area contributed by atoms with E-state index in [1.807, 2.05) is 6.20 Å². The largest absolute Gasteiger partial charge is 0.493 e. The SMILES string of the molecule is CCC(ON1C=C(OC)C(COC)=NC1)c1ccc(C(C)(C)C)cc1. The Morgan fingerprint density at radius 2 is 1.84 bits per heavy atom. The van der Waals surface area contributed by atoms with Crippen molar-refractivity contribution in [1.82, 2.24) is 5.06 Å². The summed E-state index contributed by atoms with van der Waals surface area (Å²) < 4.78 is 10.5. The molecule has 5 nitrogen and oxygen atoms in total. The van der Waals surface area contributed by atoms with Gasteiger partial charge in [0.15, 0.2) is 5.76 Å². The average molecular weight is 346 g/mol. The van der Waals surface area contributed by atoms with Crippen molar-refractivity contribution in [3.05, 3.63) is 47.4 Å². The molecule has 1 atom stereocenters. The highest BCUT2D eigenvalue weighted by molar-refractivity contribution is 5.99. The van der Waals surface area contributed by atoms with E-state index in [-0.39, 0.29) is 11.5 Å². The van der Waals surface area contributed by atoms with Crippen LogP contribution < -0.4 is 0 Å². The summed E-state index contributed by atoms with van der Waals surface area (Å²) in [6, 6.07) is 8.67. The fourth-order valence-corrected chi connectivity index (χ4v) is 2.70. The molecule has 0 saturated carbocycles. The number of hydrogen-bond donors (Lipinski definition) is 0. The number of nitrogens with zero attached hydrogens (tertiary/aromatic N) is 2. The Bertz CT molecular complexity index is 615. The van der Waals surface area contributed by atoms with Gasteiger partial charge in [-0.2, -0.15) is 0 Å². The molecule has 1 heterocycles. The predicted molar refractivity (Wildman–Crippen MR) is 100 cm³/mol. The Morgan fingerprint density at radius 1 is 1.16 bits per heavy atom. The van der Waals surface area contributed by atoms with Crippen LogP contribution in [0, 0.1) is 0 Å². The van der Waals surface area contributed by atoms with Gasteiger partial charge >= 0.3 is 0 Å². The second kappa shape index (κ2) is 8.50. The Morgan fingerprint density at radius 3 is 2.36 bits per heavy atom. The van der Waals surface area contributed by atoms with Gasteiger partial charge in [0.1, 0.15) is 18.5 Å². The molecule has 0 aliphatic carbocycles. The summed E-state index contributed by atoms with van der Waals surface area (Å²) in [6.07, 6.45) is 2.69. The van der Waals surface area contributed by atoms with E-state index in [1.165, 1.54) is 5.56 Å². The zero-order chi connectivity index (χ0) is 18.4. The van der Waals surface area contributed by atoms with Crippen LogP contribution in [-0.4, -0.2) is 38.3 Å². The third kappa shape index (κ3) is 5.06. The van der Waals surface area contributed by atoms with Crippen molar-refractivity contribution in [1.29, 1.82) is 0 Å². The molecule has 0 fully saturated rings. The number of benzene rings is 1. The molecule has 0 saturated heterocycles. The first-order chi connectivity index (χ1) is 11.9. The van der Waals surface area contributed by atoms with Crippen LogP contribution in [0.25, 0.3) is 0 Å². The molecule has 0 radical (unpaired) electrons. The van der Waals surface area contributed by atoms with E-state index >= 15 is 0 Å². The molecular weight excluding hydrogens is 316 g/mol. The molecule has 2 rings (SSSR count). The van der Waals surface area contributed by atoms with Crippen molar-refractivity contribution < 1.29 is 14.3 Å². The molecule has 1 aliphatic rings.